The zero-order valence-electron chi connectivity index (χ0n) is 11.8. The lowest BCUT2D eigenvalue weighted by atomic mass is 9.90. The van der Waals surface area contributed by atoms with Crippen molar-refractivity contribution in [2.75, 3.05) is 13.1 Å². The maximum atomic E-state index is 12.4. The Morgan fingerprint density at radius 2 is 2.14 bits per heavy atom. The normalized spacial score (nSPS) is 21.9. The Morgan fingerprint density at radius 1 is 1.38 bits per heavy atom. The van der Waals surface area contributed by atoms with Gasteiger partial charge in [0, 0.05) is 13.1 Å². The Bertz CT molecular complexity index is 709. The Kier molecular flexibility index (Phi) is 3.16. The molecule has 1 aromatic heterocycles. The van der Waals surface area contributed by atoms with E-state index in [-0.39, 0.29) is 19.0 Å². The summed E-state index contributed by atoms with van der Waals surface area (Å²) in [4.78, 5) is 29.5. The molecule has 3 rings (SSSR count). The molecular formula is C15H17N3O3. The average Bonchev–Trinajstić information content (AvgIpc) is 3.05. The lowest BCUT2D eigenvalue weighted by Crippen LogP contribution is -2.36. The van der Waals surface area contributed by atoms with Crippen LogP contribution in [0.5, 0.6) is 0 Å². The number of rotatable bonds is 3. The molecule has 0 spiro atoms. The number of carboxylic acid groups (broad SMARTS) is 1. The number of nitrogens with zero attached hydrogens (tertiary/aromatic N) is 3. The largest absolute Gasteiger partial charge is 0.481 e. The summed E-state index contributed by atoms with van der Waals surface area (Å²) in [5, 5.41) is 9.22. The predicted molar refractivity (Wildman–Crippen MR) is 76.7 cm³/mol. The molecule has 0 bridgehead atoms. The Morgan fingerprint density at radius 3 is 2.86 bits per heavy atom. The van der Waals surface area contributed by atoms with E-state index in [9.17, 15) is 14.7 Å². The van der Waals surface area contributed by atoms with Crippen LogP contribution in [0, 0.1) is 5.41 Å². The van der Waals surface area contributed by atoms with E-state index < -0.39 is 11.4 Å². The topological polar surface area (TPSA) is 75.4 Å². The molecule has 1 amide bonds. The van der Waals surface area contributed by atoms with Gasteiger partial charge in [0.05, 0.1) is 22.8 Å². The van der Waals surface area contributed by atoms with Gasteiger partial charge in [0.1, 0.15) is 6.54 Å². The van der Waals surface area contributed by atoms with E-state index in [0.717, 1.165) is 11.0 Å². The van der Waals surface area contributed by atoms with Gasteiger partial charge < -0.3 is 14.6 Å². The second-order valence-electron chi connectivity index (χ2n) is 5.79. The number of fused-ring (bicyclic) bond motifs is 1. The maximum Gasteiger partial charge on any atom is 0.311 e. The number of likely N-dealkylation sites (tertiary alicyclic amines) is 1. The van der Waals surface area contributed by atoms with Crippen molar-refractivity contribution in [2.24, 2.45) is 5.41 Å². The van der Waals surface area contributed by atoms with E-state index in [1.807, 2.05) is 24.3 Å². The molecule has 1 atom stereocenters. The van der Waals surface area contributed by atoms with Crippen LogP contribution < -0.4 is 0 Å². The fourth-order valence-corrected chi connectivity index (χ4v) is 2.73. The minimum atomic E-state index is -0.842. The van der Waals surface area contributed by atoms with Crippen LogP contribution in [0.2, 0.25) is 0 Å². The first-order chi connectivity index (χ1) is 9.99. The predicted octanol–water partition coefficient (Wildman–Crippen LogP) is 1.36. The summed E-state index contributed by atoms with van der Waals surface area (Å²) in [5.74, 6) is -0.908. The van der Waals surface area contributed by atoms with Crippen molar-refractivity contribution >= 4 is 22.9 Å². The van der Waals surface area contributed by atoms with E-state index in [1.54, 1.807) is 22.7 Å². The Hall–Kier alpha value is -2.37. The zero-order chi connectivity index (χ0) is 15.0. The van der Waals surface area contributed by atoms with Crippen molar-refractivity contribution in [2.45, 2.75) is 19.9 Å². The van der Waals surface area contributed by atoms with Gasteiger partial charge in [-0.2, -0.15) is 0 Å². The van der Waals surface area contributed by atoms with Crippen LogP contribution in [0.1, 0.15) is 13.3 Å². The van der Waals surface area contributed by atoms with Gasteiger partial charge >= 0.3 is 5.97 Å². The lowest BCUT2D eigenvalue weighted by molar-refractivity contribution is -0.147. The third-order valence-corrected chi connectivity index (χ3v) is 4.18. The summed E-state index contributed by atoms with van der Waals surface area (Å²) in [5.41, 5.74) is 0.931. The number of hydrogen-bond acceptors (Lipinski definition) is 3. The number of amides is 1. The summed E-state index contributed by atoms with van der Waals surface area (Å²) < 4.78 is 1.80. The third-order valence-electron chi connectivity index (χ3n) is 4.18. The Balaban J connectivity index is 1.74. The molecule has 1 N–H and O–H groups in total. The van der Waals surface area contributed by atoms with Crippen molar-refractivity contribution in [3.63, 3.8) is 0 Å². The van der Waals surface area contributed by atoms with Gasteiger partial charge in [0.15, 0.2) is 0 Å². The van der Waals surface area contributed by atoms with E-state index in [1.165, 1.54) is 0 Å². The van der Waals surface area contributed by atoms with Gasteiger partial charge in [-0.3, -0.25) is 9.59 Å². The Labute approximate surface area is 122 Å². The van der Waals surface area contributed by atoms with Crippen molar-refractivity contribution in [3.05, 3.63) is 30.6 Å². The number of hydrogen-bond donors (Lipinski definition) is 1. The molecule has 0 radical (unpaired) electrons. The summed E-state index contributed by atoms with van der Waals surface area (Å²) in [7, 11) is 0. The molecular weight excluding hydrogens is 270 g/mol. The number of carboxylic acids is 1. The third kappa shape index (κ3) is 2.37. The molecule has 0 saturated carbocycles. The van der Waals surface area contributed by atoms with Gasteiger partial charge in [-0.25, -0.2) is 4.98 Å². The highest BCUT2D eigenvalue weighted by atomic mass is 16.4. The van der Waals surface area contributed by atoms with E-state index in [4.69, 9.17) is 0 Å². The van der Waals surface area contributed by atoms with Crippen LogP contribution in [0.15, 0.2) is 30.6 Å². The van der Waals surface area contributed by atoms with Gasteiger partial charge in [-0.15, -0.1) is 0 Å². The van der Waals surface area contributed by atoms with Crippen LogP contribution in [0.3, 0.4) is 0 Å². The summed E-state index contributed by atoms with van der Waals surface area (Å²) in [6.07, 6.45) is 2.15. The van der Waals surface area contributed by atoms with Gasteiger partial charge in [-0.1, -0.05) is 12.1 Å². The van der Waals surface area contributed by atoms with Crippen molar-refractivity contribution in [1.29, 1.82) is 0 Å². The van der Waals surface area contributed by atoms with Crippen LogP contribution in [0.4, 0.5) is 0 Å². The van der Waals surface area contributed by atoms with E-state index >= 15 is 0 Å². The molecule has 1 fully saturated rings. The van der Waals surface area contributed by atoms with Crippen LogP contribution in [-0.2, 0) is 16.1 Å². The van der Waals surface area contributed by atoms with Gasteiger partial charge in [0.2, 0.25) is 5.91 Å². The summed E-state index contributed by atoms with van der Waals surface area (Å²) in [6.45, 7) is 2.65. The van der Waals surface area contributed by atoms with Crippen LogP contribution in [-0.4, -0.2) is 44.5 Å². The fourth-order valence-electron chi connectivity index (χ4n) is 2.73. The molecule has 6 nitrogen and oxygen atoms in total. The molecule has 1 saturated heterocycles. The van der Waals surface area contributed by atoms with Crippen molar-refractivity contribution < 1.29 is 14.7 Å². The molecule has 110 valence electrons. The molecule has 1 aromatic carbocycles. The molecule has 21 heavy (non-hydrogen) atoms. The second kappa shape index (κ2) is 4.87. The number of benzene rings is 1. The minimum Gasteiger partial charge on any atom is -0.481 e. The number of imidazole rings is 1. The maximum absolute atomic E-state index is 12.4. The summed E-state index contributed by atoms with van der Waals surface area (Å²) in [6, 6.07) is 7.62. The number of para-hydroxylation sites is 2. The molecule has 1 aliphatic rings. The monoisotopic (exact) mass is 287 g/mol. The summed E-state index contributed by atoms with van der Waals surface area (Å²) >= 11 is 0. The first-order valence-electron chi connectivity index (χ1n) is 6.91. The van der Waals surface area contributed by atoms with Crippen LogP contribution in [0.25, 0.3) is 11.0 Å². The molecule has 0 aliphatic carbocycles. The average molecular weight is 287 g/mol. The molecule has 1 unspecified atom stereocenters. The second-order valence-corrected chi connectivity index (χ2v) is 5.79. The smallest absolute Gasteiger partial charge is 0.311 e. The van der Waals surface area contributed by atoms with Gasteiger partial charge in [0.25, 0.3) is 0 Å². The number of aliphatic carboxylic acids is 1. The van der Waals surface area contributed by atoms with E-state index in [2.05, 4.69) is 4.98 Å². The van der Waals surface area contributed by atoms with E-state index in [0.29, 0.717) is 13.0 Å². The molecule has 2 aromatic rings. The highest BCUT2D eigenvalue weighted by Gasteiger charge is 2.42. The first kappa shape index (κ1) is 13.6. The number of carbonyl (C=O) groups is 2. The molecule has 6 heteroatoms. The fraction of sp³-hybridized carbons (Fsp3) is 0.400. The number of aromatic nitrogens is 2. The first-order valence-corrected chi connectivity index (χ1v) is 6.91. The van der Waals surface area contributed by atoms with Gasteiger partial charge in [-0.05, 0) is 25.5 Å². The minimum absolute atomic E-state index is 0.0665. The van der Waals surface area contributed by atoms with Crippen molar-refractivity contribution in [1.82, 2.24) is 14.5 Å². The SMILES string of the molecule is CC1(C(=O)O)CCN(C(=O)Cn2cnc3ccccc32)C1. The highest BCUT2D eigenvalue weighted by molar-refractivity contribution is 5.82. The highest BCUT2D eigenvalue weighted by Crippen LogP contribution is 2.30. The molecule has 1 aliphatic heterocycles. The number of carbonyl (C=O) groups excluding carboxylic acids is 1. The quantitative estimate of drug-likeness (QED) is 0.925. The standard InChI is InChI=1S/C15H17N3O3/c1-15(14(20)21)6-7-17(9-15)13(19)8-18-10-16-11-4-2-3-5-12(11)18/h2-5,10H,6-9H2,1H3,(H,20,21). The zero-order valence-corrected chi connectivity index (χ0v) is 11.8. The molecule has 2 heterocycles. The van der Waals surface area contributed by atoms with Crippen LogP contribution >= 0.6 is 0 Å². The lowest BCUT2D eigenvalue weighted by Gasteiger charge is -2.20. The van der Waals surface area contributed by atoms with Crippen molar-refractivity contribution in [3.8, 4) is 0 Å².